The standard InChI is InChI=1S/C11H13ClINS/c12-8-1-2-11(10(13)7-8)14-9-3-5-15-6-4-9/h1-2,7,9,14H,3-6H2. The Kier molecular flexibility index (Phi) is 4.46. The van der Waals surface area contributed by atoms with Crippen LogP contribution in [-0.2, 0) is 0 Å². The lowest BCUT2D eigenvalue weighted by Gasteiger charge is -2.24. The Morgan fingerprint density at radius 1 is 1.33 bits per heavy atom. The minimum atomic E-state index is 0.640. The zero-order valence-corrected chi connectivity index (χ0v) is 12.0. The smallest absolute Gasteiger partial charge is 0.0479 e. The van der Waals surface area contributed by atoms with Crippen LogP contribution in [0.2, 0.25) is 5.02 Å². The number of anilines is 1. The Morgan fingerprint density at radius 3 is 2.73 bits per heavy atom. The molecule has 1 aromatic carbocycles. The normalized spacial score (nSPS) is 17.7. The lowest BCUT2D eigenvalue weighted by atomic mass is 10.1. The van der Waals surface area contributed by atoms with E-state index >= 15 is 0 Å². The van der Waals surface area contributed by atoms with Crippen LogP contribution in [0.25, 0.3) is 0 Å². The van der Waals surface area contributed by atoms with E-state index in [2.05, 4.69) is 45.7 Å². The van der Waals surface area contributed by atoms with Crippen LogP contribution in [0.5, 0.6) is 0 Å². The van der Waals surface area contributed by atoms with Crippen molar-refractivity contribution in [3.8, 4) is 0 Å². The van der Waals surface area contributed by atoms with Gasteiger partial charge in [0.15, 0.2) is 0 Å². The van der Waals surface area contributed by atoms with Gasteiger partial charge in [0, 0.05) is 20.3 Å². The highest BCUT2D eigenvalue weighted by atomic mass is 127. The molecule has 0 unspecified atom stereocenters. The molecule has 1 aromatic rings. The maximum atomic E-state index is 5.92. The summed E-state index contributed by atoms with van der Waals surface area (Å²) in [6.45, 7) is 0. The zero-order chi connectivity index (χ0) is 10.7. The Labute approximate surface area is 113 Å². The summed E-state index contributed by atoms with van der Waals surface area (Å²) >= 11 is 10.3. The molecule has 1 saturated heterocycles. The van der Waals surface area contributed by atoms with E-state index < -0.39 is 0 Å². The molecule has 1 N–H and O–H groups in total. The van der Waals surface area contributed by atoms with E-state index in [1.54, 1.807) is 0 Å². The topological polar surface area (TPSA) is 12.0 Å². The Hall–Kier alpha value is 0.390. The van der Waals surface area contributed by atoms with Crippen LogP contribution in [-0.4, -0.2) is 17.5 Å². The fraction of sp³-hybridized carbons (Fsp3) is 0.455. The van der Waals surface area contributed by atoms with E-state index in [1.165, 1.54) is 33.6 Å². The number of benzene rings is 1. The first-order valence-electron chi connectivity index (χ1n) is 5.05. The summed E-state index contributed by atoms with van der Waals surface area (Å²) in [5, 5.41) is 4.41. The van der Waals surface area contributed by atoms with Crippen LogP contribution < -0.4 is 5.32 Å². The molecular formula is C11H13ClINS. The van der Waals surface area contributed by atoms with Crippen molar-refractivity contribution >= 4 is 51.6 Å². The minimum absolute atomic E-state index is 0.640. The van der Waals surface area contributed by atoms with Gasteiger partial charge in [-0.05, 0) is 65.1 Å². The Balaban J connectivity index is 2.03. The summed E-state index contributed by atoms with van der Waals surface area (Å²) in [5.41, 5.74) is 1.22. The number of rotatable bonds is 2. The van der Waals surface area contributed by atoms with Gasteiger partial charge in [0.1, 0.15) is 0 Å². The van der Waals surface area contributed by atoms with Crippen LogP contribution in [0.4, 0.5) is 5.69 Å². The van der Waals surface area contributed by atoms with Crippen molar-refractivity contribution in [3.05, 3.63) is 26.8 Å². The largest absolute Gasteiger partial charge is 0.381 e. The van der Waals surface area contributed by atoms with E-state index in [0.29, 0.717) is 6.04 Å². The lowest BCUT2D eigenvalue weighted by Crippen LogP contribution is -2.24. The van der Waals surface area contributed by atoms with E-state index in [-0.39, 0.29) is 0 Å². The van der Waals surface area contributed by atoms with Crippen molar-refractivity contribution in [1.29, 1.82) is 0 Å². The van der Waals surface area contributed by atoms with Crippen LogP contribution >= 0.6 is 46.0 Å². The first-order valence-corrected chi connectivity index (χ1v) is 7.66. The van der Waals surface area contributed by atoms with Gasteiger partial charge in [0.25, 0.3) is 0 Å². The van der Waals surface area contributed by atoms with Gasteiger partial charge in [-0.15, -0.1) is 0 Å². The maximum Gasteiger partial charge on any atom is 0.0479 e. The van der Waals surface area contributed by atoms with Gasteiger partial charge in [-0.3, -0.25) is 0 Å². The number of thioether (sulfide) groups is 1. The van der Waals surface area contributed by atoms with Crippen molar-refractivity contribution < 1.29 is 0 Å². The fourth-order valence-electron chi connectivity index (χ4n) is 1.67. The third-order valence-electron chi connectivity index (χ3n) is 2.51. The molecule has 1 aliphatic rings. The summed E-state index contributed by atoms with van der Waals surface area (Å²) in [5.74, 6) is 2.56. The molecule has 0 amide bonds. The maximum absolute atomic E-state index is 5.92. The van der Waals surface area contributed by atoms with Gasteiger partial charge in [0.2, 0.25) is 0 Å². The summed E-state index contributed by atoms with van der Waals surface area (Å²) in [4.78, 5) is 0. The minimum Gasteiger partial charge on any atom is -0.381 e. The second-order valence-electron chi connectivity index (χ2n) is 3.66. The van der Waals surface area contributed by atoms with Crippen LogP contribution in [0.1, 0.15) is 12.8 Å². The Bertz CT molecular complexity index is 339. The van der Waals surface area contributed by atoms with E-state index in [1.807, 2.05) is 12.1 Å². The van der Waals surface area contributed by atoms with Gasteiger partial charge >= 0.3 is 0 Å². The highest BCUT2D eigenvalue weighted by Crippen LogP contribution is 2.26. The molecule has 1 aliphatic heterocycles. The lowest BCUT2D eigenvalue weighted by molar-refractivity contribution is 0.666. The Morgan fingerprint density at radius 2 is 2.07 bits per heavy atom. The molecule has 82 valence electrons. The molecule has 0 atom stereocenters. The molecule has 4 heteroatoms. The quantitative estimate of drug-likeness (QED) is 0.798. The predicted molar refractivity (Wildman–Crippen MR) is 78.1 cm³/mol. The van der Waals surface area contributed by atoms with Crippen LogP contribution in [0.15, 0.2) is 18.2 Å². The highest BCUT2D eigenvalue weighted by molar-refractivity contribution is 14.1. The van der Waals surface area contributed by atoms with Gasteiger partial charge in [0.05, 0.1) is 0 Å². The molecule has 0 bridgehead atoms. The van der Waals surface area contributed by atoms with Crippen molar-refractivity contribution in [1.82, 2.24) is 0 Å². The monoisotopic (exact) mass is 353 g/mol. The highest BCUT2D eigenvalue weighted by Gasteiger charge is 2.14. The number of halogens is 2. The second-order valence-corrected chi connectivity index (χ2v) is 6.48. The molecule has 0 aliphatic carbocycles. The van der Waals surface area contributed by atoms with Gasteiger partial charge in [-0.25, -0.2) is 0 Å². The molecule has 1 heterocycles. The first kappa shape index (κ1) is 11.9. The summed E-state index contributed by atoms with van der Waals surface area (Å²) in [6, 6.07) is 6.67. The first-order chi connectivity index (χ1) is 7.25. The molecule has 0 spiro atoms. The third kappa shape index (κ3) is 3.43. The molecule has 15 heavy (non-hydrogen) atoms. The summed E-state index contributed by atoms with van der Waals surface area (Å²) < 4.78 is 1.21. The summed E-state index contributed by atoms with van der Waals surface area (Å²) in [7, 11) is 0. The van der Waals surface area contributed by atoms with Crippen LogP contribution in [0.3, 0.4) is 0 Å². The predicted octanol–water partition coefficient (Wildman–Crippen LogP) is 4.25. The van der Waals surface area contributed by atoms with Crippen molar-refractivity contribution in [3.63, 3.8) is 0 Å². The second kappa shape index (κ2) is 5.64. The molecule has 2 rings (SSSR count). The molecule has 0 aromatic heterocycles. The SMILES string of the molecule is Clc1ccc(NC2CCSCC2)c(I)c1. The molecule has 1 fully saturated rings. The fourth-order valence-corrected chi connectivity index (χ4v) is 3.80. The molecule has 0 radical (unpaired) electrons. The number of hydrogen-bond donors (Lipinski definition) is 1. The average Bonchev–Trinajstić information content (AvgIpc) is 2.24. The average molecular weight is 354 g/mol. The van der Waals surface area contributed by atoms with Crippen molar-refractivity contribution in [2.24, 2.45) is 0 Å². The van der Waals surface area contributed by atoms with E-state index in [4.69, 9.17) is 11.6 Å². The number of nitrogens with one attached hydrogen (secondary N) is 1. The number of hydrogen-bond acceptors (Lipinski definition) is 2. The van der Waals surface area contributed by atoms with Crippen molar-refractivity contribution in [2.75, 3.05) is 16.8 Å². The van der Waals surface area contributed by atoms with Crippen molar-refractivity contribution in [2.45, 2.75) is 18.9 Å². The molecule has 0 saturated carbocycles. The van der Waals surface area contributed by atoms with E-state index in [0.717, 1.165) is 5.02 Å². The third-order valence-corrected chi connectivity index (χ3v) is 4.69. The zero-order valence-electron chi connectivity index (χ0n) is 8.30. The van der Waals surface area contributed by atoms with Crippen LogP contribution in [0, 0.1) is 3.57 Å². The van der Waals surface area contributed by atoms with Gasteiger partial charge < -0.3 is 5.32 Å². The van der Waals surface area contributed by atoms with Gasteiger partial charge in [-0.1, -0.05) is 11.6 Å². The molecule has 1 nitrogen and oxygen atoms in total. The van der Waals surface area contributed by atoms with Gasteiger partial charge in [-0.2, -0.15) is 11.8 Å². The molecular weight excluding hydrogens is 341 g/mol. The van der Waals surface area contributed by atoms with E-state index in [9.17, 15) is 0 Å². The summed E-state index contributed by atoms with van der Waals surface area (Å²) in [6.07, 6.45) is 2.53.